The number of thiophene rings is 1. The monoisotopic (exact) mass is 404 g/mol. The number of allylic oxidation sites excluding steroid dienone is 1. The van der Waals surface area contributed by atoms with Crippen LogP contribution in [0.1, 0.15) is 23.8 Å². The van der Waals surface area contributed by atoms with E-state index in [9.17, 15) is 14.4 Å². The normalized spacial score (nSPS) is 17.2. The van der Waals surface area contributed by atoms with Crippen LogP contribution in [0.3, 0.4) is 0 Å². The van der Waals surface area contributed by atoms with E-state index < -0.39 is 5.25 Å². The van der Waals surface area contributed by atoms with Crippen LogP contribution in [0, 0.1) is 0 Å². The zero-order valence-corrected chi connectivity index (χ0v) is 16.6. The summed E-state index contributed by atoms with van der Waals surface area (Å²) in [5.74, 6) is -0.275. The smallest absolute Gasteiger partial charge is 0.324 e. The van der Waals surface area contributed by atoms with Gasteiger partial charge in [0.2, 0.25) is 5.91 Å². The van der Waals surface area contributed by atoms with Gasteiger partial charge in [-0.25, -0.2) is 9.78 Å². The van der Waals surface area contributed by atoms with Crippen molar-refractivity contribution in [2.75, 3.05) is 13.1 Å². The number of aryl methyl sites for hydroxylation is 2. The Morgan fingerprint density at radius 2 is 2.26 bits per heavy atom. The summed E-state index contributed by atoms with van der Waals surface area (Å²) in [4.78, 5) is 45.4. The van der Waals surface area contributed by atoms with E-state index in [0.717, 1.165) is 35.0 Å². The number of thioether (sulfide) groups is 1. The van der Waals surface area contributed by atoms with Gasteiger partial charge in [0, 0.05) is 24.5 Å². The Kier molecular flexibility index (Phi) is 4.81. The number of amides is 3. The third-order valence-electron chi connectivity index (χ3n) is 4.85. The number of rotatable bonds is 5. The second kappa shape index (κ2) is 7.12. The molecule has 2 aromatic heterocycles. The molecule has 0 spiro atoms. The number of carbonyl (C=O) groups excluding carboxylic acids is 2. The number of carbonyl (C=O) groups is 2. The molecule has 3 heterocycles. The van der Waals surface area contributed by atoms with E-state index in [-0.39, 0.29) is 17.5 Å². The number of urea groups is 1. The summed E-state index contributed by atoms with van der Waals surface area (Å²) in [5, 5.41) is 3.32. The topological polar surface area (TPSA) is 84.3 Å². The summed E-state index contributed by atoms with van der Waals surface area (Å²) >= 11 is 2.80. The van der Waals surface area contributed by atoms with Gasteiger partial charge in [-0.1, -0.05) is 17.8 Å². The van der Waals surface area contributed by atoms with Crippen LogP contribution in [-0.4, -0.2) is 44.7 Å². The third-order valence-corrected chi connectivity index (χ3v) is 7.12. The van der Waals surface area contributed by atoms with Gasteiger partial charge in [0.15, 0.2) is 5.16 Å². The van der Waals surface area contributed by atoms with Crippen molar-refractivity contribution in [2.45, 2.75) is 43.1 Å². The fourth-order valence-electron chi connectivity index (χ4n) is 3.55. The molecule has 2 aliphatic rings. The fraction of sp³-hybridized carbons (Fsp3) is 0.444. The highest BCUT2D eigenvalue weighted by molar-refractivity contribution is 8.00. The van der Waals surface area contributed by atoms with Gasteiger partial charge in [-0.15, -0.1) is 17.9 Å². The Balaban J connectivity index is 1.71. The molecule has 0 bridgehead atoms. The lowest BCUT2D eigenvalue weighted by molar-refractivity contribution is -0.126. The Hall–Kier alpha value is -2.13. The van der Waals surface area contributed by atoms with Crippen molar-refractivity contribution in [3.63, 3.8) is 0 Å². The lowest BCUT2D eigenvalue weighted by atomic mass is 10.2. The number of fused-ring (bicyclic) bond motifs is 3. The average Bonchev–Trinajstić information content (AvgIpc) is 3.33. The first-order valence-corrected chi connectivity index (χ1v) is 10.6. The van der Waals surface area contributed by atoms with Crippen LogP contribution in [0.2, 0.25) is 0 Å². The van der Waals surface area contributed by atoms with Crippen molar-refractivity contribution in [3.05, 3.63) is 33.4 Å². The minimum absolute atomic E-state index is 0.0691. The molecule has 27 heavy (non-hydrogen) atoms. The van der Waals surface area contributed by atoms with E-state index in [1.807, 2.05) is 0 Å². The van der Waals surface area contributed by atoms with Gasteiger partial charge in [-0.3, -0.25) is 19.1 Å². The summed E-state index contributed by atoms with van der Waals surface area (Å²) in [6, 6.07) is -0.367. The lowest BCUT2D eigenvalue weighted by Crippen LogP contribution is -2.39. The van der Waals surface area contributed by atoms with Crippen LogP contribution in [-0.2, 0) is 24.2 Å². The molecule has 1 N–H and O–H groups in total. The van der Waals surface area contributed by atoms with Crippen LogP contribution in [0.15, 0.2) is 22.6 Å². The molecule has 0 saturated carbocycles. The Labute approximate surface area is 164 Å². The Morgan fingerprint density at radius 1 is 1.44 bits per heavy atom. The van der Waals surface area contributed by atoms with Crippen LogP contribution < -0.4 is 10.9 Å². The first-order valence-electron chi connectivity index (χ1n) is 8.93. The number of hydrogen-bond acceptors (Lipinski definition) is 6. The molecule has 3 amide bonds. The highest BCUT2D eigenvalue weighted by Gasteiger charge is 2.31. The minimum Gasteiger partial charge on any atom is -0.336 e. The summed E-state index contributed by atoms with van der Waals surface area (Å²) in [5.41, 5.74) is 1.07. The molecular formula is C18H20N4O3S2. The Morgan fingerprint density at radius 3 is 2.96 bits per heavy atom. The Bertz CT molecular complexity index is 1010. The fourth-order valence-corrected chi connectivity index (χ4v) is 5.83. The van der Waals surface area contributed by atoms with Crippen molar-refractivity contribution < 1.29 is 9.59 Å². The first-order chi connectivity index (χ1) is 13.0. The quantitative estimate of drug-likeness (QED) is 0.469. The minimum atomic E-state index is -0.527. The molecule has 4 rings (SSSR count). The van der Waals surface area contributed by atoms with Crippen molar-refractivity contribution in [3.8, 4) is 0 Å². The van der Waals surface area contributed by atoms with Crippen LogP contribution in [0.25, 0.3) is 10.2 Å². The van der Waals surface area contributed by atoms with Gasteiger partial charge >= 0.3 is 6.03 Å². The highest BCUT2D eigenvalue weighted by atomic mass is 32.2. The SMILES string of the molecule is C=CCn1c(S[C@@H](C)C(=O)N2CCNC2=O)nc2sc3c(c2c1=O)CCC3. The van der Waals surface area contributed by atoms with E-state index in [2.05, 4.69) is 11.9 Å². The second-order valence-electron chi connectivity index (χ2n) is 6.62. The first kappa shape index (κ1) is 18.2. The molecule has 1 fully saturated rings. The molecule has 0 aromatic carbocycles. The number of hydrogen-bond donors (Lipinski definition) is 1. The van der Waals surface area contributed by atoms with E-state index in [0.29, 0.717) is 24.8 Å². The predicted molar refractivity (Wildman–Crippen MR) is 107 cm³/mol. The molecule has 142 valence electrons. The standard InChI is InChI=1S/C18H20N4O3S2/c1-3-8-22-16(24)13-11-5-4-6-12(11)27-14(13)20-18(22)26-10(2)15(23)21-9-7-19-17(21)25/h3,10H,1,4-9H2,2H3,(H,19,25)/t10-/m0/s1. The van der Waals surface area contributed by atoms with Gasteiger partial charge in [0.05, 0.1) is 10.6 Å². The third kappa shape index (κ3) is 3.08. The molecule has 9 heteroatoms. The molecule has 2 aromatic rings. The van der Waals surface area contributed by atoms with Crippen molar-refractivity contribution in [1.82, 2.24) is 19.8 Å². The van der Waals surface area contributed by atoms with Crippen LogP contribution in [0.5, 0.6) is 0 Å². The maximum atomic E-state index is 13.1. The van der Waals surface area contributed by atoms with Crippen molar-refractivity contribution in [2.24, 2.45) is 0 Å². The summed E-state index contributed by atoms with van der Waals surface area (Å²) in [6.07, 6.45) is 4.66. The molecule has 1 aliphatic carbocycles. The number of nitrogens with zero attached hydrogens (tertiary/aromatic N) is 3. The average molecular weight is 405 g/mol. The van der Waals surface area contributed by atoms with Crippen LogP contribution >= 0.6 is 23.1 Å². The number of imide groups is 1. The maximum Gasteiger partial charge on any atom is 0.324 e. The molecule has 7 nitrogen and oxygen atoms in total. The van der Waals surface area contributed by atoms with Gasteiger partial charge in [-0.2, -0.15) is 0 Å². The van der Waals surface area contributed by atoms with Gasteiger partial charge in [-0.05, 0) is 31.7 Å². The van der Waals surface area contributed by atoms with Crippen LogP contribution in [0.4, 0.5) is 4.79 Å². The number of aromatic nitrogens is 2. The van der Waals surface area contributed by atoms with E-state index in [1.54, 1.807) is 28.9 Å². The summed E-state index contributed by atoms with van der Waals surface area (Å²) < 4.78 is 1.58. The molecule has 1 aliphatic heterocycles. The molecule has 0 radical (unpaired) electrons. The summed E-state index contributed by atoms with van der Waals surface area (Å²) in [7, 11) is 0. The number of nitrogens with one attached hydrogen (secondary N) is 1. The molecule has 1 saturated heterocycles. The second-order valence-corrected chi connectivity index (χ2v) is 9.01. The lowest BCUT2D eigenvalue weighted by Gasteiger charge is -2.18. The van der Waals surface area contributed by atoms with Gasteiger partial charge < -0.3 is 5.32 Å². The van der Waals surface area contributed by atoms with E-state index in [4.69, 9.17) is 4.98 Å². The highest BCUT2D eigenvalue weighted by Crippen LogP contribution is 2.36. The largest absolute Gasteiger partial charge is 0.336 e. The van der Waals surface area contributed by atoms with Gasteiger partial charge in [0.1, 0.15) is 4.83 Å². The summed E-state index contributed by atoms with van der Waals surface area (Å²) in [6.45, 7) is 6.65. The molecular weight excluding hydrogens is 384 g/mol. The maximum absolute atomic E-state index is 13.1. The van der Waals surface area contributed by atoms with Crippen molar-refractivity contribution >= 4 is 45.3 Å². The van der Waals surface area contributed by atoms with E-state index in [1.165, 1.54) is 21.5 Å². The van der Waals surface area contributed by atoms with Gasteiger partial charge in [0.25, 0.3) is 5.56 Å². The zero-order valence-electron chi connectivity index (χ0n) is 15.0. The molecule has 0 unspecified atom stereocenters. The van der Waals surface area contributed by atoms with Crippen molar-refractivity contribution in [1.29, 1.82) is 0 Å². The van der Waals surface area contributed by atoms with E-state index >= 15 is 0 Å². The predicted octanol–water partition coefficient (Wildman–Crippen LogP) is 2.17. The zero-order chi connectivity index (χ0) is 19.1. The molecule has 1 atom stereocenters.